The lowest BCUT2D eigenvalue weighted by molar-refractivity contribution is -0.384. The Morgan fingerprint density at radius 3 is 2.85 bits per heavy atom. The molecule has 2 rings (SSSR count). The van der Waals surface area contributed by atoms with Gasteiger partial charge >= 0.3 is 0 Å². The molecule has 1 aliphatic rings. The SMILES string of the molecule is CCCC(NC1CCSCC1)c1cccc([N+](=O)[O-])c1. The topological polar surface area (TPSA) is 55.2 Å². The van der Waals surface area contributed by atoms with Crippen molar-refractivity contribution >= 4 is 17.4 Å². The highest BCUT2D eigenvalue weighted by Gasteiger charge is 2.20. The second-order valence-electron chi connectivity index (χ2n) is 5.25. The predicted octanol–water partition coefficient (Wildman–Crippen LogP) is 3.92. The van der Waals surface area contributed by atoms with Gasteiger partial charge in [-0.1, -0.05) is 25.5 Å². The molecule has 1 saturated heterocycles. The fourth-order valence-corrected chi connectivity index (χ4v) is 3.75. The largest absolute Gasteiger partial charge is 0.307 e. The maximum Gasteiger partial charge on any atom is 0.269 e. The van der Waals surface area contributed by atoms with Crippen molar-refractivity contribution < 1.29 is 4.92 Å². The first-order valence-electron chi connectivity index (χ1n) is 7.29. The van der Waals surface area contributed by atoms with Gasteiger partial charge in [-0.05, 0) is 36.3 Å². The van der Waals surface area contributed by atoms with Gasteiger partial charge in [0.25, 0.3) is 5.69 Å². The second-order valence-corrected chi connectivity index (χ2v) is 6.47. The smallest absolute Gasteiger partial charge is 0.269 e. The molecular formula is C15H22N2O2S. The molecule has 1 N–H and O–H groups in total. The van der Waals surface area contributed by atoms with Crippen LogP contribution >= 0.6 is 11.8 Å². The van der Waals surface area contributed by atoms with Crippen molar-refractivity contribution in [2.24, 2.45) is 0 Å². The lowest BCUT2D eigenvalue weighted by atomic mass is 9.99. The average molecular weight is 294 g/mol. The van der Waals surface area contributed by atoms with Crippen LogP contribution in [0.3, 0.4) is 0 Å². The van der Waals surface area contributed by atoms with Crippen LogP contribution in [0, 0.1) is 10.1 Å². The predicted molar refractivity (Wildman–Crippen MR) is 84.2 cm³/mol. The van der Waals surface area contributed by atoms with Crippen LogP contribution in [0.2, 0.25) is 0 Å². The quantitative estimate of drug-likeness (QED) is 0.638. The van der Waals surface area contributed by atoms with Gasteiger partial charge in [-0.2, -0.15) is 11.8 Å². The van der Waals surface area contributed by atoms with Crippen LogP contribution in [0.15, 0.2) is 24.3 Å². The molecule has 5 heteroatoms. The van der Waals surface area contributed by atoms with Crippen LogP contribution < -0.4 is 5.32 Å². The van der Waals surface area contributed by atoms with Crippen LogP contribution in [-0.4, -0.2) is 22.5 Å². The maximum absolute atomic E-state index is 10.9. The van der Waals surface area contributed by atoms with E-state index >= 15 is 0 Å². The second kappa shape index (κ2) is 7.64. The average Bonchev–Trinajstić information content (AvgIpc) is 2.48. The number of thioether (sulfide) groups is 1. The summed E-state index contributed by atoms with van der Waals surface area (Å²) in [6.07, 6.45) is 4.48. The molecule has 0 amide bonds. The summed E-state index contributed by atoms with van der Waals surface area (Å²) in [5.41, 5.74) is 1.23. The lowest BCUT2D eigenvalue weighted by Gasteiger charge is -2.28. The van der Waals surface area contributed by atoms with E-state index in [2.05, 4.69) is 12.2 Å². The summed E-state index contributed by atoms with van der Waals surface area (Å²) < 4.78 is 0. The Bertz CT molecular complexity index is 447. The van der Waals surface area contributed by atoms with Gasteiger partial charge in [0, 0.05) is 24.2 Å². The van der Waals surface area contributed by atoms with Crippen molar-refractivity contribution in [3.05, 3.63) is 39.9 Å². The number of nitro groups is 1. The van der Waals surface area contributed by atoms with Gasteiger partial charge in [-0.3, -0.25) is 10.1 Å². The van der Waals surface area contributed by atoms with Gasteiger partial charge in [-0.15, -0.1) is 0 Å². The third kappa shape index (κ3) is 4.21. The molecule has 1 aromatic rings. The molecule has 1 unspecified atom stereocenters. The van der Waals surface area contributed by atoms with Crippen LogP contribution in [0.25, 0.3) is 0 Å². The summed E-state index contributed by atoms with van der Waals surface area (Å²) in [4.78, 5) is 10.6. The highest BCUT2D eigenvalue weighted by molar-refractivity contribution is 7.99. The zero-order valence-electron chi connectivity index (χ0n) is 11.9. The van der Waals surface area contributed by atoms with Crippen molar-refractivity contribution in [3.63, 3.8) is 0 Å². The van der Waals surface area contributed by atoms with Crippen LogP contribution in [0.5, 0.6) is 0 Å². The van der Waals surface area contributed by atoms with E-state index in [9.17, 15) is 10.1 Å². The minimum Gasteiger partial charge on any atom is -0.307 e. The molecule has 0 aliphatic carbocycles. The first-order chi connectivity index (χ1) is 9.70. The zero-order chi connectivity index (χ0) is 14.4. The maximum atomic E-state index is 10.9. The third-order valence-corrected chi connectivity index (χ3v) is 4.77. The third-order valence-electron chi connectivity index (χ3n) is 3.72. The number of hydrogen-bond donors (Lipinski definition) is 1. The summed E-state index contributed by atoms with van der Waals surface area (Å²) >= 11 is 2.01. The number of hydrogen-bond acceptors (Lipinski definition) is 4. The van der Waals surface area contributed by atoms with E-state index in [4.69, 9.17) is 0 Å². The first kappa shape index (κ1) is 15.3. The summed E-state index contributed by atoms with van der Waals surface area (Å²) in [5, 5.41) is 14.6. The van der Waals surface area contributed by atoms with E-state index in [0.717, 1.165) is 18.4 Å². The van der Waals surface area contributed by atoms with E-state index < -0.39 is 0 Å². The fourth-order valence-electron chi connectivity index (χ4n) is 2.64. The van der Waals surface area contributed by atoms with Crippen molar-refractivity contribution in [2.75, 3.05) is 11.5 Å². The van der Waals surface area contributed by atoms with Gasteiger partial charge in [0.05, 0.1) is 4.92 Å². The molecule has 1 heterocycles. The highest BCUT2D eigenvalue weighted by Crippen LogP contribution is 2.26. The number of non-ortho nitro benzene ring substituents is 1. The van der Waals surface area contributed by atoms with Crippen molar-refractivity contribution in [1.82, 2.24) is 5.32 Å². The molecule has 1 fully saturated rings. The summed E-state index contributed by atoms with van der Waals surface area (Å²) in [6.45, 7) is 2.16. The molecule has 0 radical (unpaired) electrons. The molecule has 0 spiro atoms. The van der Waals surface area contributed by atoms with E-state index in [1.54, 1.807) is 18.2 Å². The molecule has 1 aromatic carbocycles. The minimum atomic E-state index is -0.316. The number of nitro benzene ring substituents is 1. The fraction of sp³-hybridized carbons (Fsp3) is 0.600. The van der Waals surface area contributed by atoms with Gasteiger partial charge in [0.1, 0.15) is 0 Å². The number of nitrogens with one attached hydrogen (secondary N) is 1. The summed E-state index contributed by atoms with van der Waals surface area (Å²) in [7, 11) is 0. The number of benzene rings is 1. The van der Waals surface area contributed by atoms with Gasteiger partial charge < -0.3 is 5.32 Å². The van der Waals surface area contributed by atoms with E-state index in [0.29, 0.717) is 6.04 Å². The molecule has 110 valence electrons. The van der Waals surface area contributed by atoms with Crippen molar-refractivity contribution in [3.8, 4) is 0 Å². The molecule has 1 aliphatic heterocycles. The van der Waals surface area contributed by atoms with Gasteiger partial charge in [-0.25, -0.2) is 0 Å². The normalized spacial score (nSPS) is 17.9. The molecule has 0 aromatic heterocycles. The highest BCUT2D eigenvalue weighted by atomic mass is 32.2. The summed E-state index contributed by atoms with van der Waals surface area (Å²) in [6, 6.07) is 7.83. The first-order valence-corrected chi connectivity index (χ1v) is 8.44. The number of rotatable bonds is 6. The Labute approximate surface area is 124 Å². The number of nitrogens with zero attached hydrogens (tertiary/aromatic N) is 1. The molecule has 0 saturated carbocycles. The van der Waals surface area contributed by atoms with Crippen LogP contribution in [0.4, 0.5) is 5.69 Å². The van der Waals surface area contributed by atoms with Crippen molar-refractivity contribution in [1.29, 1.82) is 0 Å². The Morgan fingerprint density at radius 1 is 1.45 bits per heavy atom. The molecule has 4 nitrogen and oxygen atoms in total. The molecule has 0 bridgehead atoms. The summed E-state index contributed by atoms with van der Waals surface area (Å²) in [5.74, 6) is 2.43. The monoisotopic (exact) mass is 294 g/mol. The Kier molecular flexibility index (Phi) is 5.86. The van der Waals surface area contributed by atoms with Crippen molar-refractivity contribution in [2.45, 2.75) is 44.7 Å². The van der Waals surface area contributed by atoms with E-state index in [1.807, 2.05) is 17.8 Å². The zero-order valence-corrected chi connectivity index (χ0v) is 12.7. The van der Waals surface area contributed by atoms with Crippen LogP contribution in [-0.2, 0) is 0 Å². The minimum absolute atomic E-state index is 0.185. The molecule has 1 atom stereocenters. The van der Waals surface area contributed by atoms with Gasteiger partial charge in [0.2, 0.25) is 0 Å². The lowest BCUT2D eigenvalue weighted by Crippen LogP contribution is -2.35. The van der Waals surface area contributed by atoms with E-state index in [1.165, 1.54) is 24.3 Å². The standard InChI is InChI=1S/C15H22N2O2S/c1-2-4-15(16-13-7-9-20-10-8-13)12-5-3-6-14(11-12)17(18)19/h3,5-6,11,13,15-16H,2,4,7-10H2,1H3. The molecular weight excluding hydrogens is 272 g/mol. The van der Waals surface area contributed by atoms with Gasteiger partial charge in [0.15, 0.2) is 0 Å². The van der Waals surface area contributed by atoms with E-state index in [-0.39, 0.29) is 16.7 Å². The van der Waals surface area contributed by atoms with Crippen LogP contribution in [0.1, 0.15) is 44.2 Å². The Balaban J connectivity index is 2.10. The molecule has 20 heavy (non-hydrogen) atoms. The Morgan fingerprint density at radius 2 is 2.20 bits per heavy atom. The Hall–Kier alpha value is -1.07.